The Balaban J connectivity index is 2.56. The van der Waals surface area contributed by atoms with Crippen molar-refractivity contribution in [3.8, 4) is 0 Å². The summed E-state index contributed by atoms with van der Waals surface area (Å²) in [6.07, 6.45) is 0.663. The molecule has 1 rings (SSSR count). The van der Waals surface area contributed by atoms with Crippen LogP contribution >= 0.6 is 11.6 Å². The van der Waals surface area contributed by atoms with Crippen LogP contribution < -0.4 is 5.32 Å². The first-order chi connectivity index (χ1) is 7.63. The molecule has 16 heavy (non-hydrogen) atoms. The number of rotatable bonds is 5. The van der Waals surface area contributed by atoms with Crippen LogP contribution in [0.15, 0.2) is 24.3 Å². The van der Waals surface area contributed by atoms with Gasteiger partial charge in [0.2, 0.25) is 5.91 Å². The molecule has 1 aromatic rings. The predicted octanol–water partition coefficient (Wildman–Crippen LogP) is 1.63. The highest BCUT2D eigenvalue weighted by atomic mass is 35.5. The van der Waals surface area contributed by atoms with Crippen molar-refractivity contribution in [2.75, 3.05) is 13.2 Å². The number of carbonyl (C=O) groups excluding carboxylic acids is 1. The lowest BCUT2D eigenvalue weighted by atomic mass is 10.00. The van der Waals surface area contributed by atoms with Crippen molar-refractivity contribution in [3.05, 3.63) is 34.9 Å². The lowest BCUT2D eigenvalue weighted by Crippen LogP contribution is -2.30. The van der Waals surface area contributed by atoms with Crippen LogP contribution in [0.4, 0.5) is 0 Å². The first-order valence-electron chi connectivity index (χ1n) is 5.22. The van der Waals surface area contributed by atoms with Crippen LogP contribution in [-0.4, -0.2) is 24.2 Å². The lowest BCUT2D eigenvalue weighted by Gasteiger charge is -2.15. The topological polar surface area (TPSA) is 49.3 Å². The molecule has 0 bridgehead atoms. The zero-order valence-electron chi connectivity index (χ0n) is 9.24. The maximum atomic E-state index is 10.8. The van der Waals surface area contributed by atoms with E-state index >= 15 is 0 Å². The minimum atomic E-state index is -0.0855. The lowest BCUT2D eigenvalue weighted by molar-refractivity contribution is -0.119. The van der Waals surface area contributed by atoms with Crippen LogP contribution in [0.1, 0.15) is 12.5 Å². The normalized spacial score (nSPS) is 12.2. The van der Waals surface area contributed by atoms with Crippen LogP contribution in [0, 0.1) is 5.92 Å². The number of amides is 1. The van der Waals surface area contributed by atoms with E-state index in [0.717, 1.165) is 5.56 Å². The Labute approximate surface area is 100 Å². The fourth-order valence-electron chi connectivity index (χ4n) is 1.46. The van der Waals surface area contributed by atoms with E-state index in [2.05, 4.69) is 5.32 Å². The van der Waals surface area contributed by atoms with Gasteiger partial charge in [0.15, 0.2) is 0 Å². The number of nitrogens with one attached hydrogen (secondary N) is 1. The van der Waals surface area contributed by atoms with Crippen molar-refractivity contribution in [3.63, 3.8) is 0 Å². The van der Waals surface area contributed by atoms with E-state index < -0.39 is 0 Å². The average molecular weight is 242 g/mol. The molecule has 0 saturated heterocycles. The molecule has 0 fully saturated rings. The van der Waals surface area contributed by atoms with Gasteiger partial charge in [-0.2, -0.15) is 0 Å². The highest BCUT2D eigenvalue weighted by Crippen LogP contribution is 2.18. The second kappa shape index (κ2) is 6.51. The predicted molar refractivity (Wildman–Crippen MR) is 64.4 cm³/mol. The zero-order valence-corrected chi connectivity index (χ0v) is 10.00. The molecule has 0 saturated carbocycles. The van der Waals surface area contributed by atoms with Gasteiger partial charge in [-0.3, -0.25) is 4.79 Å². The molecule has 0 aliphatic heterocycles. The van der Waals surface area contributed by atoms with Crippen LogP contribution in [0.5, 0.6) is 0 Å². The number of hydrogen-bond donors (Lipinski definition) is 2. The third-order valence-electron chi connectivity index (χ3n) is 2.36. The number of carbonyl (C=O) groups is 1. The molecule has 1 unspecified atom stereocenters. The summed E-state index contributed by atoms with van der Waals surface area (Å²) in [6.45, 7) is 1.96. The first-order valence-corrected chi connectivity index (χ1v) is 5.60. The molecular weight excluding hydrogens is 226 g/mol. The number of hydrogen-bond acceptors (Lipinski definition) is 2. The van der Waals surface area contributed by atoms with Gasteiger partial charge >= 0.3 is 0 Å². The van der Waals surface area contributed by atoms with E-state index in [1.807, 2.05) is 24.3 Å². The van der Waals surface area contributed by atoms with E-state index in [-0.39, 0.29) is 18.4 Å². The quantitative estimate of drug-likeness (QED) is 0.823. The molecule has 0 radical (unpaired) electrons. The van der Waals surface area contributed by atoms with Gasteiger partial charge in [0.05, 0.1) is 0 Å². The summed E-state index contributed by atoms with van der Waals surface area (Å²) in [5.41, 5.74) is 0.994. The summed E-state index contributed by atoms with van der Waals surface area (Å²) in [5, 5.41) is 12.6. The van der Waals surface area contributed by atoms with Crippen molar-refractivity contribution >= 4 is 17.5 Å². The Hall–Kier alpha value is -1.06. The Morgan fingerprint density at radius 2 is 2.19 bits per heavy atom. The van der Waals surface area contributed by atoms with Crippen molar-refractivity contribution in [1.82, 2.24) is 5.32 Å². The largest absolute Gasteiger partial charge is 0.396 e. The summed E-state index contributed by atoms with van der Waals surface area (Å²) in [6, 6.07) is 7.53. The van der Waals surface area contributed by atoms with E-state index in [0.29, 0.717) is 18.0 Å². The van der Waals surface area contributed by atoms with Crippen LogP contribution in [0.25, 0.3) is 0 Å². The molecule has 3 nitrogen and oxygen atoms in total. The third kappa shape index (κ3) is 4.21. The molecule has 1 amide bonds. The van der Waals surface area contributed by atoms with Crippen molar-refractivity contribution < 1.29 is 9.90 Å². The summed E-state index contributed by atoms with van der Waals surface area (Å²) in [5.74, 6) is -0.0820. The van der Waals surface area contributed by atoms with Crippen molar-refractivity contribution in [1.29, 1.82) is 0 Å². The van der Waals surface area contributed by atoms with Gasteiger partial charge in [0.25, 0.3) is 0 Å². The van der Waals surface area contributed by atoms with Crippen LogP contribution in [0.2, 0.25) is 5.02 Å². The summed E-state index contributed by atoms with van der Waals surface area (Å²) in [4.78, 5) is 10.8. The maximum Gasteiger partial charge on any atom is 0.216 e. The standard InChI is InChI=1S/C12H16ClNO2/c1-9(16)14-7-10(8-15)6-11-4-2-3-5-12(11)13/h2-5,10,15H,6-8H2,1H3,(H,14,16). The van der Waals surface area contributed by atoms with Crippen molar-refractivity contribution in [2.45, 2.75) is 13.3 Å². The highest BCUT2D eigenvalue weighted by Gasteiger charge is 2.10. The maximum absolute atomic E-state index is 10.8. The molecule has 4 heteroatoms. The number of aliphatic hydroxyl groups is 1. The van der Waals surface area contributed by atoms with Crippen molar-refractivity contribution in [2.24, 2.45) is 5.92 Å². The molecule has 2 N–H and O–H groups in total. The fraction of sp³-hybridized carbons (Fsp3) is 0.417. The molecular formula is C12H16ClNO2. The Bertz CT molecular complexity index is 355. The van der Waals surface area contributed by atoms with Gasteiger partial charge in [0.1, 0.15) is 0 Å². The summed E-state index contributed by atoms with van der Waals surface area (Å²) >= 11 is 6.02. The monoisotopic (exact) mass is 241 g/mol. The second-order valence-electron chi connectivity index (χ2n) is 3.78. The second-order valence-corrected chi connectivity index (χ2v) is 4.19. The molecule has 0 aliphatic carbocycles. The Morgan fingerprint density at radius 1 is 1.50 bits per heavy atom. The molecule has 88 valence electrons. The molecule has 0 spiro atoms. The average Bonchev–Trinajstić information content (AvgIpc) is 2.26. The van der Waals surface area contributed by atoms with Gasteiger partial charge < -0.3 is 10.4 Å². The highest BCUT2D eigenvalue weighted by molar-refractivity contribution is 6.31. The smallest absolute Gasteiger partial charge is 0.216 e. The zero-order chi connectivity index (χ0) is 12.0. The molecule has 1 atom stereocenters. The van der Waals surface area contributed by atoms with E-state index in [1.165, 1.54) is 6.92 Å². The van der Waals surface area contributed by atoms with Crippen LogP contribution in [-0.2, 0) is 11.2 Å². The fourth-order valence-corrected chi connectivity index (χ4v) is 1.68. The third-order valence-corrected chi connectivity index (χ3v) is 2.73. The molecule has 0 aromatic heterocycles. The van der Waals surface area contributed by atoms with Gasteiger partial charge in [-0.15, -0.1) is 0 Å². The van der Waals surface area contributed by atoms with Crippen LogP contribution in [0.3, 0.4) is 0 Å². The van der Waals surface area contributed by atoms with E-state index in [4.69, 9.17) is 11.6 Å². The van der Waals surface area contributed by atoms with E-state index in [1.54, 1.807) is 0 Å². The molecule has 0 aliphatic rings. The Kier molecular flexibility index (Phi) is 5.29. The van der Waals surface area contributed by atoms with Gasteiger partial charge in [0, 0.05) is 31.0 Å². The van der Waals surface area contributed by atoms with Gasteiger partial charge in [-0.05, 0) is 18.1 Å². The molecule has 1 aromatic carbocycles. The SMILES string of the molecule is CC(=O)NCC(CO)Cc1ccccc1Cl. The van der Waals surface area contributed by atoms with E-state index in [9.17, 15) is 9.90 Å². The number of benzene rings is 1. The van der Waals surface area contributed by atoms with Gasteiger partial charge in [-0.1, -0.05) is 29.8 Å². The molecule has 0 heterocycles. The summed E-state index contributed by atoms with van der Waals surface area (Å²) in [7, 11) is 0. The first kappa shape index (κ1) is 13.0. The van der Waals surface area contributed by atoms with Gasteiger partial charge in [-0.25, -0.2) is 0 Å². The summed E-state index contributed by atoms with van der Waals surface area (Å²) < 4.78 is 0. The minimum Gasteiger partial charge on any atom is -0.396 e. The number of aliphatic hydroxyl groups excluding tert-OH is 1. The number of halogens is 1. The Morgan fingerprint density at radius 3 is 2.75 bits per heavy atom. The minimum absolute atomic E-state index is 0.00352.